The Hall–Kier alpha value is -4.08. The molecule has 162 valence electrons. The Kier molecular flexibility index (Phi) is 7.95. The van der Waals surface area contributed by atoms with Crippen LogP contribution in [-0.2, 0) is 11.3 Å². The first-order chi connectivity index (χ1) is 14.7. The van der Waals surface area contributed by atoms with E-state index in [1.54, 1.807) is 6.21 Å². The lowest BCUT2D eigenvalue weighted by atomic mass is 10.1. The van der Waals surface area contributed by atoms with E-state index in [4.69, 9.17) is 15.7 Å². The van der Waals surface area contributed by atoms with Crippen molar-refractivity contribution in [3.63, 3.8) is 0 Å². The summed E-state index contributed by atoms with van der Waals surface area (Å²) in [6.45, 7) is 0.488. The molecule has 3 rings (SSSR count). The van der Waals surface area contributed by atoms with Crippen molar-refractivity contribution in [2.45, 2.75) is 12.7 Å². The van der Waals surface area contributed by atoms with Gasteiger partial charge in [-0.3, -0.25) is 0 Å². The lowest BCUT2D eigenvalue weighted by molar-refractivity contribution is -0.192. The van der Waals surface area contributed by atoms with Crippen molar-refractivity contribution in [3.05, 3.63) is 77.9 Å². The zero-order valence-electron chi connectivity index (χ0n) is 16.1. The number of urea groups is 1. The summed E-state index contributed by atoms with van der Waals surface area (Å²) >= 11 is 0. The summed E-state index contributed by atoms with van der Waals surface area (Å²) in [5, 5.41) is 18.4. The van der Waals surface area contributed by atoms with Gasteiger partial charge in [0.15, 0.2) is 0 Å². The zero-order chi connectivity index (χ0) is 22.9. The molecule has 0 atom stereocenters. The second-order valence-corrected chi connectivity index (χ2v) is 6.20. The Morgan fingerprint density at radius 3 is 2.23 bits per heavy atom. The average Bonchev–Trinajstić information content (AvgIpc) is 2.73. The smallest absolute Gasteiger partial charge is 0.475 e. The largest absolute Gasteiger partial charge is 0.490 e. The topological polar surface area (TPSA) is 117 Å². The number of fused-ring (bicyclic) bond motifs is 1. The van der Waals surface area contributed by atoms with Crippen LogP contribution in [0.25, 0.3) is 10.8 Å². The zero-order valence-corrected chi connectivity index (χ0v) is 16.1. The SMILES string of the molecule is N/N=C\c1ccc2cc(NC(=O)NCc3ccccc3)ccc2c1.O=C(O)C(F)(F)F. The maximum Gasteiger partial charge on any atom is 0.490 e. The van der Waals surface area contributed by atoms with Gasteiger partial charge >= 0.3 is 18.2 Å². The third-order valence-corrected chi connectivity index (χ3v) is 3.88. The fourth-order valence-electron chi connectivity index (χ4n) is 2.46. The molecule has 0 aliphatic rings. The lowest BCUT2D eigenvalue weighted by Crippen LogP contribution is -2.28. The summed E-state index contributed by atoms with van der Waals surface area (Å²) in [5.74, 6) is 2.41. The molecule has 0 bridgehead atoms. The molecule has 0 saturated heterocycles. The maximum atomic E-state index is 12.0. The van der Waals surface area contributed by atoms with Gasteiger partial charge in [-0.05, 0) is 40.1 Å². The first-order valence-electron chi connectivity index (χ1n) is 8.85. The van der Waals surface area contributed by atoms with Gasteiger partial charge in [-0.2, -0.15) is 18.3 Å². The number of carboxylic acids is 1. The first kappa shape index (κ1) is 23.2. The van der Waals surface area contributed by atoms with Gasteiger partial charge < -0.3 is 21.6 Å². The van der Waals surface area contributed by atoms with E-state index in [1.807, 2.05) is 66.7 Å². The first-order valence-corrected chi connectivity index (χ1v) is 8.85. The molecule has 0 radical (unpaired) electrons. The quantitative estimate of drug-likeness (QED) is 0.282. The molecule has 0 fully saturated rings. The number of nitrogens with one attached hydrogen (secondary N) is 2. The van der Waals surface area contributed by atoms with Gasteiger partial charge in [-0.15, -0.1) is 0 Å². The van der Waals surface area contributed by atoms with Gasteiger partial charge in [0.2, 0.25) is 0 Å². The molecule has 0 saturated carbocycles. The van der Waals surface area contributed by atoms with E-state index in [2.05, 4.69) is 15.7 Å². The maximum absolute atomic E-state index is 12.0. The highest BCUT2D eigenvalue weighted by atomic mass is 19.4. The molecule has 0 aliphatic carbocycles. The molecule has 3 aromatic carbocycles. The fourth-order valence-corrected chi connectivity index (χ4v) is 2.46. The van der Waals surface area contributed by atoms with E-state index < -0.39 is 12.1 Å². The Morgan fingerprint density at radius 1 is 1.00 bits per heavy atom. The second kappa shape index (κ2) is 10.6. The molecule has 0 aliphatic heterocycles. The van der Waals surface area contributed by atoms with Crippen molar-refractivity contribution in [2.24, 2.45) is 10.9 Å². The number of amides is 2. The number of hydrogen-bond donors (Lipinski definition) is 4. The number of nitrogens with zero attached hydrogens (tertiary/aromatic N) is 1. The third kappa shape index (κ3) is 7.69. The lowest BCUT2D eigenvalue weighted by Gasteiger charge is -2.09. The molecule has 0 spiro atoms. The van der Waals surface area contributed by atoms with E-state index in [0.29, 0.717) is 6.54 Å². The third-order valence-electron chi connectivity index (χ3n) is 3.88. The van der Waals surface area contributed by atoms with Crippen LogP contribution in [0.3, 0.4) is 0 Å². The van der Waals surface area contributed by atoms with Crippen molar-refractivity contribution < 1.29 is 27.9 Å². The van der Waals surface area contributed by atoms with Gasteiger partial charge in [0.25, 0.3) is 0 Å². The number of hydrogen-bond acceptors (Lipinski definition) is 4. The number of carbonyl (C=O) groups excluding carboxylic acids is 1. The Morgan fingerprint density at radius 2 is 1.61 bits per heavy atom. The van der Waals surface area contributed by atoms with Crippen molar-refractivity contribution in [1.82, 2.24) is 5.32 Å². The van der Waals surface area contributed by atoms with Crippen molar-refractivity contribution in [2.75, 3.05) is 5.32 Å². The van der Waals surface area contributed by atoms with Crippen LogP contribution in [-0.4, -0.2) is 29.5 Å². The number of rotatable bonds is 4. The summed E-state index contributed by atoms with van der Waals surface area (Å²) in [5.41, 5.74) is 2.74. The van der Waals surface area contributed by atoms with E-state index in [-0.39, 0.29) is 6.03 Å². The van der Waals surface area contributed by atoms with Crippen LogP contribution in [0.5, 0.6) is 0 Å². The van der Waals surface area contributed by atoms with Crippen LogP contribution in [0.2, 0.25) is 0 Å². The molecule has 0 heterocycles. The number of hydrazone groups is 1. The van der Waals surface area contributed by atoms with Crippen LogP contribution in [0.1, 0.15) is 11.1 Å². The summed E-state index contributed by atoms with van der Waals surface area (Å²) in [6, 6.07) is 21.2. The number of carboxylic acid groups (broad SMARTS) is 1. The number of carbonyl (C=O) groups is 2. The van der Waals surface area contributed by atoms with Crippen molar-refractivity contribution in [3.8, 4) is 0 Å². The van der Waals surface area contributed by atoms with Crippen LogP contribution in [0, 0.1) is 0 Å². The minimum Gasteiger partial charge on any atom is -0.475 e. The van der Waals surface area contributed by atoms with Gasteiger partial charge in [0.05, 0.1) is 6.21 Å². The van der Waals surface area contributed by atoms with Crippen LogP contribution < -0.4 is 16.5 Å². The molecule has 2 amide bonds. The normalized spacial score (nSPS) is 10.9. The van der Waals surface area contributed by atoms with Crippen LogP contribution in [0.4, 0.5) is 23.7 Å². The second-order valence-electron chi connectivity index (χ2n) is 6.20. The van der Waals surface area contributed by atoms with E-state index in [1.165, 1.54) is 0 Å². The van der Waals surface area contributed by atoms with Crippen LogP contribution >= 0.6 is 0 Å². The Labute approximate surface area is 175 Å². The molecule has 0 unspecified atom stereocenters. The number of benzene rings is 3. The minimum atomic E-state index is -5.08. The molecule has 7 nitrogen and oxygen atoms in total. The minimum absolute atomic E-state index is 0.231. The predicted molar refractivity (Wildman–Crippen MR) is 112 cm³/mol. The number of anilines is 1. The van der Waals surface area contributed by atoms with Crippen molar-refractivity contribution >= 4 is 34.7 Å². The average molecular weight is 432 g/mol. The highest BCUT2D eigenvalue weighted by molar-refractivity contribution is 5.95. The summed E-state index contributed by atoms with van der Waals surface area (Å²) in [4.78, 5) is 20.9. The number of alkyl halides is 3. The monoisotopic (exact) mass is 432 g/mol. The Balaban J connectivity index is 0.000000423. The van der Waals surface area contributed by atoms with E-state index in [9.17, 15) is 18.0 Å². The summed E-state index contributed by atoms with van der Waals surface area (Å²) in [7, 11) is 0. The van der Waals surface area contributed by atoms with Crippen LogP contribution in [0.15, 0.2) is 71.8 Å². The molecular formula is C21H19F3N4O3. The number of halogens is 3. The highest BCUT2D eigenvalue weighted by Crippen LogP contribution is 2.20. The Bertz CT molecular complexity index is 1070. The predicted octanol–water partition coefficient (Wildman–Crippen LogP) is 4.09. The number of aliphatic carboxylic acids is 1. The summed E-state index contributed by atoms with van der Waals surface area (Å²) in [6.07, 6.45) is -3.48. The fraction of sp³-hybridized carbons (Fsp3) is 0.0952. The molecule has 0 aromatic heterocycles. The molecule has 5 N–H and O–H groups in total. The molecule has 3 aromatic rings. The standard InChI is InChI=1S/C19H18N4O.C2HF3O2/c20-22-13-15-6-7-17-11-18(9-8-16(17)10-15)23-19(24)21-12-14-4-2-1-3-5-14;3-2(4,5)1(6)7/h1-11,13H,12,20H2,(H2,21,23,24);(H,6,7)/b22-13-;. The van der Waals surface area contributed by atoms with Gasteiger partial charge in [0, 0.05) is 12.2 Å². The molecule has 31 heavy (non-hydrogen) atoms. The van der Waals surface area contributed by atoms with Gasteiger partial charge in [-0.25, -0.2) is 9.59 Å². The number of nitrogens with two attached hydrogens (primary N) is 1. The van der Waals surface area contributed by atoms with Gasteiger partial charge in [-0.1, -0.05) is 48.5 Å². The van der Waals surface area contributed by atoms with E-state index in [0.717, 1.165) is 27.6 Å². The summed E-state index contributed by atoms with van der Waals surface area (Å²) < 4.78 is 31.7. The van der Waals surface area contributed by atoms with E-state index >= 15 is 0 Å². The molecular weight excluding hydrogens is 413 g/mol. The van der Waals surface area contributed by atoms with Crippen molar-refractivity contribution in [1.29, 1.82) is 0 Å². The molecule has 10 heteroatoms. The van der Waals surface area contributed by atoms with Gasteiger partial charge in [0.1, 0.15) is 0 Å². The highest BCUT2D eigenvalue weighted by Gasteiger charge is 2.38.